The number of hydrogen-bond acceptors (Lipinski definition) is 4. The number of piperidine rings is 1. The summed E-state index contributed by atoms with van der Waals surface area (Å²) in [6, 6.07) is 0.907. The summed E-state index contributed by atoms with van der Waals surface area (Å²) in [5.41, 5.74) is 0.229. The topological polar surface area (TPSA) is 83.6 Å². The largest absolute Gasteiger partial charge is 0.480 e. The Balaban J connectivity index is 1.78. The maximum atomic E-state index is 12.4. The molecule has 1 aromatic heterocycles. The summed E-state index contributed by atoms with van der Waals surface area (Å²) < 4.78 is 5.17. The molecule has 2 fully saturated rings. The Kier molecular flexibility index (Phi) is 3.23. The third kappa shape index (κ3) is 2.42. The molecular formula is C14H18N2O4. The highest BCUT2D eigenvalue weighted by molar-refractivity contribution is 5.95. The monoisotopic (exact) mass is 278 g/mol. The van der Waals surface area contributed by atoms with Crippen LogP contribution in [0.15, 0.2) is 10.6 Å². The van der Waals surface area contributed by atoms with Crippen LogP contribution in [0.1, 0.15) is 54.8 Å². The Morgan fingerprint density at radius 2 is 2.15 bits per heavy atom. The van der Waals surface area contributed by atoms with E-state index in [9.17, 15) is 14.7 Å². The van der Waals surface area contributed by atoms with Crippen molar-refractivity contribution in [3.8, 4) is 0 Å². The molecule has 0 spiro atoms. The standard InChI is InChI=1S/C14H18N2O4/c1-8-4-5-16(11(6-8)14(18)19)13(17)10-7-12(20-15-10)9-2-3-9/h7-9,11H,2-6H2,1H3,(H,18,19)/t8-,11-/m1/s1. The van der Waals surface area contributed by atoms with Crippen LogP contribution in [0.4, 0.5) is 0 Å². The van der Waals surface area contributed by atoms with E-state index >= 15 is 0 Å². The van der Waals surface area contributed by atoms with Gasteiger partial charge in [0.05, 0.1) is 0 Å². The van der Waals surface area contributed by atoms with Gasteiger partial charge in [-0.1, -0.05) is 12.1 Å². The quantitative estimate of drug-likeness (QED) is 0.912. The lowest BCUT2D eigenvalue weighted by molar-refractivity contribution is -0.144. The number of carboxylic acid groups (broad SMARTS) is 1. The average molecular weight is 278 g/mol. The van der Waals surface area contributed by atoms with Crippen LogP contribution in [-0.4, -0.2) is 39.6 Å². The van der Waals surface area contributed by atoms with Crippen molar-refractivity contribution >= 4 is 11.9 Å². The summed E-state index contributed by atoms with van der Waals surface area (Å²) in [5, 5.41) is 13.1. The molecule has 1 aliphatic heterocycles. The van der Waals surface area contributed by atoms with E-state index in [0.29, 0.717) is 24.8 Å². The normalized spacial score (nSPS) is 26.6. The molecule has 2 aliphatic rings. The summed E-state index contributed by atoms with van der Waals surface area (Å²) >= 11 is 0. The van der Waals surface area contributed by atoms with Crippen molar-refractivity contribution in [2.45, 2.75) is 44.6 Å². The fourth-order valence-corrected chi connectivity index (χ4v) is 2.72. The number of aromatic nitrogens is 1. The summed E-state index contributed by atoms with van der Waals surface area (Å²) in [6.07, 6.45) is 3.46. The molecule has 1 aliphatic carbocycles. The molecule has 6 nitrogen and oxygen atoms in total. The van der Waals surface area contributed by atoms with Crippen LogP contribution < -0.4 is 0 Å². The minimum Gasteiger partial charge on any atom is -0.480 e. The Morgan fingerprint density at radius 1 is 1.40 bits per heavy atom. The highest BCUT2D eigenvalue weighted by atomic mass is 16.5. The third-order valence-electron chi connectivity index (χ3n) is 4.14. The lowest BCUT2D eigenvalue weighted by atomic mass is 9.92. The van der Waals surface area contributed by atoms with Gasteiger partial charge in [0.1, 0.15) is 11.8 Å². The lowest BCUT2D eigenvalue weighted by Gasteiger charge is -2.35. The minimum atomic E-state index is -0.948. The number of amides is 1. The molecule has 1 saturated heterocycles. The van der Waals surface area contributed by atoms with Gasteiger partial charge in [-0.25, -0.2) is 4.79 Å². The Morgan fingerprint density at radius 3 is 2.80 bits per heavy atom. The van der Waals surface area contributed by atoms with Gasteiger partial charge in [-0.2, -0.15) is 0 Å². The van der Waals surface area contributed by atoms with Gasteiger partial charge < -0.3 is 14.5 Å². The van der Waals surface area contributed by atoms with E-state index in [-0.39, 0.29) is 11.6 Å². The van der Waals surface area contributed by atoms with Crippen LogP contribution in [0.5, 0.6) is 0 Å². The molecule has 3 rings (SSSR count). The number of nitrogens with zero attached hydrogens (tertiary/aromatic N) is 2. The highest BCUT2D eigenvalue weighted by Gasteiger charge is 2.37. The van der Waals surface area contributed by atoms with Crippen molar-refractivity contribution < 1.29 is 19.2 Å². The number of likely N-dealkylation sites (tertiary alicyclic amines) is 1. The molecule has 1 aromatic rings. The van der Waals surface area contributed by atoms with Crippen molar-refractivity contribution in [3.63, 3.8) is 0 Å². The van der Waals surface area contributed by atoms with E-state index in [2.05, 4.69) is 5.16 Å². The molecule has 20 heavy (non-hydrogen) atoms. The fraction of sp³-hybridized carbons (Fsp3) is 0.643. The van der Waals surface area contributed by atoms with Gasteiger partial charge in [0, 0.05) is 18.5 Å². The predicted octanol–water partition coefficient (Wildman–Crippen LogP) is 1.88. The molecule has 0 aromatic carbocycles. The highest BCUT2D eigenvalue weighted by Crippen LogP contribution is 2.40. The number of rotatable bonds is 3. The third-order valence-corrected chi connectivity index (χ3v) is 4.14. The van der Waals surface area contributed by atoms with E-state index in [1.807, 2.05) is 6.92 Å². The Bertz CT molecular complexity index is 535. The summed E-state index contributed by atoms with van der Waals surface area (Å²) in [7, 11) is 0. The van der Waals surface area contributed by atoms with Crippen LogP contribution in [0.3, 0.4) is 0 Å². The number of aliphatic carboxylic acids is 1. The van der Waals surface area contributed by atoms with Crippen molar-refractivity contribution in [2.75, 3.05) is 6.54 Å². The zero-order valence-electron chi connectivity index (χ0n) is 11.4. The Labute approximate surface area is 116 Å². The van der Waals surface area contributed by atoms with Gasteiger partial charge in [0.25, 0.3) is 5.91 Å². The van der Waals surface area contributed by atoms with Crippen LogP contribution in [0.2, 0.25) is 0 Å². The smallest absolute Gasteiger partial charge is 0.326 e. The fourth-order valence-electron chi connectivity index (χ4n) is 2.72. The van der Waals surface area contributed by atoms with E-state index in [1.54, 1.807) is 6.07 Å². The molecule has 0 unspecified atom stereocenters. The SMILES string of the molecule is C[C@@H]1CCN(C(=O)c2cc(C3CC3)on2)[C@@H](C(=O)O)C1. The lowest BCUT2D eigenvalue weighted by Crippen LogP contribution is -2.49. The summed E-state index contributed by atoms with van der Waals surface area (Å²) in [4.78, 5) is 25.2. The van der Waals surface area contributed by atoms with E-state index in [0.717, 1.165) is 25.0 Å². The zero-order chi connectivity index (χ0) is 14.3. The van der Waals surface area contributed by atoms with Crippen molar-refractivity contribution in [1.29, 1.82) is 0 Å². The number of carboxylic acids is 1. The first-order valence-electron chi connectivity index (χ1n) is 7.06. The first-order chi connectivity index (χ1) is 9.56. The first kappa shape index (κ1) is 13.1. The summed E-state index contributed by atoms with van der Waals surface area (Å²) in [6.45, 7) is 2.47. The summed E-state index contributed by atoms with van der Waals surface area (Å²) in [5.74, 6) is 0.168. The molecule has 2 heterocycles. The van der Waals surface area contributed by atoms with Crippen LogP contribution in [0, 0.1) is 5.92 Å². The van der Waals surface area contributed by atoms with Gasteiger partial charge in [-0.05, 0) is 31.6 Å². The number of hydrogen-bond donors (Lipinski definition) is 1. The molecule has 6 heteroatoms. The first-order valence-corrected chi connectivity index (χ1v) is 7.06. The second kappa shape index (κ2) is 4.92. The number of carbonyl (C=O) groups is 2. The molecule has 0 radical (unpaired) electrons. The van der Waals surface area contributed by atoms with Gasteiger partial charge >= 0.3 is 5.97 Å². The van der Waals surface area contributed by atoms with Gasteiger partial charge in [0.15, 0.2) is 5.69 Å². The molecule has 2 atom stereocenters. The maximum absolute atomic E-state index is 12.4. The van der Waals surface area contributed by atoms with E-state index in [4.69, 9.17) is 4.52 Å². The second-order valence-electron chi connectivity index (χ2n) is 5.87. The molecular weight excluding hydrogens is 260 g/mol. The number of carbonyl (C=O) groups excluding carboxylic acids is 1. The van der Waals surface area contributed by atoms with Gasteiger partial charge in [-0.3, -0.25) is 4.79 Å². The van der Waals surface area contributed by atoms with Crippen molar-refractivity contribution in [1.82, 2.24) is 10.1 Å². The molecule has 108 valence electrons. The molecule has 1 amide bonds. The van der Waals surface area contributed by atoms with Crippen LogP contribution in [-0.2, 0) is 4.79 Å². The van der Waals surface area contributed by atoms with Crippen molar-refractivity contribution in [3.05, 3.63) is 17.5 Å². The molecule has 0 bridgehead atoms. The van der Waals surface area contributed by atoms with E-state index in [1.165, 1.54) is 4.90 Å². The van der Waals surface area contributed by atoms with Gasteiger partial charge in [0.2, 0.25) is 0 Å². The van der Waals surface area contributed by atoms with Gasteiger partial charge in [-0.15, -0.1) is 0 Å². The van der Waals surface area contributed by atoms with Crippen LogP contribution in [0.25, 0.3) is 0 Å². The second-order valence-corrected chi connectivity index (χ2v) is 5.87. The molecule has 1 N–H and O–H groups in total. The average Bonchev–Trinajstić information content (AvgIpc) is 3.15. The maximum Gasteiger partial charge on any atom is 0.326 e. The Hall–Kier alpha value is -1.85. The zero-order valence-corrected chi connectivity index (χ0v) is 11.4. The van der Waals surface area contributed by atoms with Crippen molar-refractivity contribution in [2.24, 2.45) is 5.92 Å². The minimum absolute atomic E-state index is 0.229. The van der Waals surface area contributed by atoms with Crippen LogP contribution >= 0.6 is 0 Å². The van der Waals surface area contributed by atoms with E-state index < -0.39 is 12.0 Å². The molecule has 1 saturated carbocycles. The predicted molar refractivity (Wildman–Crippen MR) is 69.3 cm³/mol.